The third-order valence-corrected chi connectivity index (χ3v) is 5.24. The minimum Gasteiger partial charge on any atom is -0.397 e. The maximum absolute atomic E-state index is 13.2. The highest BCUT2D eigenvalue weighted by atomic mass is 32.1. The Morgan fingerprint density at radius 1 is 1.40 bits per heavy atom. The molecule has 1 unspecified atom stereocenters. The van der Waals surface area contributed by atoms with Crippen molar-refractivity contribution in [2.24, 2.45) is 0 Å². The summed E-state index contributed by atoms with van der Waals surface area (Å²) in [6, 6.07) is 4.51. The van der Waals surface area contributed by atoms with E-state index in [4.69, 9.17) is 5.73 Å². The van der Waals surface area contributed by atoms with Crippen molar-refractivity contribution in [1.82, 2.24) is 19.9 Å². The van der Waals surface area contributed by atoms with Crippen molar-refractivity contribution in [1.29, 1.82) is 0 Å². The minimum absolute atomic E-state index is 0.100. The number of nitrogens with two attached hydrogens (primary N) is 1. The summed E-state index contributed by atoms with van der Waals surface area (Å²) in [7, 11) is 0. The molecular weight excluding hydrogens is 339 g/mol. The number of rotatable bonds is 5. The number of fused-ring (bicyclic) bond motifs is 1. The number of nitrogens with zero attached hydrogens (tertiary/aromatic N) is 3. The van der Waals surface area contributed by atoms with Gasteiger partial charge in [0.2, 0.25) is 0 Å². The number of nitrogen functional groups attached to an aromatic ring is 1. The van der Waals surface area contributed by atoms with Gasteiger partial charge in [-0.25, -0.2) is 14.4 Å². The molecule has 130 valence electrons. The van der Waals surface area contributed by atoms with Crippen LogP contribution in [0, 0.1) is 5.82 Å². The first-order valence-electron chi connectivity index (χ1n) is 8.14. The van der Waals surface area contributed by atoms with Crippen LogP contribution in [0.3, 0.4) is 0 Å². The number of thiazole rings is 1. The fourth-order valence-electron chi connectivity index (χ4n) is 3.22. The van der Waals surface area contributed by atoms with Crippen LogP contribution >= 0.6 is 11.3 Å². The van der Waals surface area contributed by atoms with Crippen LogP contribution in [0.5, 0.6) is 0 Å². The third-order valence-electron chi connectivity index (χ3n) is 4.48. The van der Waals surface area contributed by atoms with Gasteiger partial charge in [-0.1, -0.05) is 0 Å². The summed E-state index contributed by atoms with van der Waals surface area (Å²) in [6.07, 6.45) is 4.52. The Balaban J connectivity index is 1.54. The lowest BCUT2D eigenvalue weighted by atomic mass is 10.0. The average molecular weight is 358 g/mol. The van der Waals surface area contributed by atoms with Gasteiger partial charge in [-0.05, 0) is 18.2 Å². The molecule has 2 aromatic heterocycles. The van der Waals surface area contributed by atoms with E-state index >= 15 is 0 Å². The van der Waals surface area contributed by atoms with E-state index in [1.165, 1.54) is 17.8 Å². The molecule has 0 radical (unpaired) electrons. The van der Waals surface area contributed by atoms with Gasteiger partial charge in [0.15, 0.2) is 0 Å². The number of aromatic nitrogens is 3. The molecule has 4 rings (SSSR count). The predicted octanol–water partition coefficient (Wildman–Crippen LogP) is 2.80. The van der Waals surface area contributed by atoms with Crippen molar-refractivity contribution in [3.05, 3.63) is 58.3 Å². The van der Waals surface area contributed by atoms with Gasteiger partial charge in [0.25, 0.3) is 0 Å². The van der Waals surface area contributed by atoms with Crippen molar-refractivity contribution >= 4 is 22.7 Å². The van der Waals surface area contributed by atoms with E-state index in [-0.39, 0.29) is 11.9 Å². The number of anilines is 2. The highest BCUT2D eigenvalue weighted by molar-refractivity contribution is 7.09. The second kappa shape index (κ2) is 6.81. The van der Waals surface area contributed by atoms with Gasteiger partial charge >= 0.3 is 0 Å². The number of hydrogen-bond donors (Lipinski definition) is 3. The number of imidazole rings is 1. The molecule has 8 heteroatoms. The van der Waals surface area contributed by atoms with E-state index < -0.39 is 0 Å². The van der Waals surface area contributed by atoms with E-state index in [9.17, 15) is 4.39 Å². The Kier molecular flexibility index (Phi) is 4.37. The summed E-state index contributed by atoms with van der Waals surface area (Å²) >= 11 is 1.66. The summed E-state index contributed by atoms with van der Waals surface area (Å²) in [5.41, 5.74) is 9.28. The fraction of sp³-hybridized carbons (Fsp3) is 0.294. The molecular formula is C17H19FN6S. The molecule has 0 spiro atoms. The van der Waals surface area contributed by atoms with Gasteiger partial charge < -0.3 is 16.0 Å². The number of aromatic amines is 1. The Morgan fingerprint density at radius 2 is 2.32 bits per heavy atom. The normalized spacial score (nSPS) is 17.4. The first-order valence-corrected chi connectivity index (χ1v) is 9.02. The Bertz CT molecular complexity index is 847. The summed E-state index contributed by atoms with van der Waals surface area (Å²) in [6.45, 7) is 2.36. The van der Waals surface area contributed by atoms with Gasteiger partial charge in [-0.3, -0.25) is 4.90 Å². The van der Waals surface area contributed by atoms with E-state index in [0.29, 0.717) is 12.2 Å². The molecule has 0 bridgehead atoms. The van der Waals surface area contributed by atoms with Gasteiger partial charge in [-0.15, -0.1) is 11.3 Å². The Morgan fingerprint density at radius 3 is 3.12 bits per heavy atom. The van der Waals surface area contributed by atoms with E-state index in [0.717, 1.165) is 35.9 Å². The molecule has 1 aromatic carbocycles. The summed E-state index contributed by atoms with van der Waals surface area (Å²) in [5.74, 6) is -0.333. The molecule has 1 aliphatic heterocycles. The molecule has 1 aliphatic rings. The maximum Gasteiger partial charge on any atom is 0.125 e. The van der Waals surface area contributed by atoms with Gasteiger partial charge in [0.1, 0.15) is 10.8 Å². The summed E-state index contributed by atoms with van der Waals surface area (Å²) < 4.78 is 13.2. The highest BCUT2D eigenvalue weighted by Gasteiger charge is 2.30. The molecule has 0 saturated carbocycles. The minimum atomic E-state index is -0.333. The average Bonchev–Trinajstić information content (AvgIpc) is 3.26. The highest BCUT2D eigenvalue weighted by Crippen LogP contribution is 2.30. The van der Waals surface area contributed by atoms with Gasteiger partial charge in [0, 0.05) is 36.8 Å². The van der Waals surface area contributed by atoms with Crippen LogP contribution in [0.1, 0.15) is 22.4 Å². The predicted molar refractivity (Wildman–Crippen MR) is 96.9 cm³/mol. The topological polar surface area (TPSA) is 82.9 Å². The van der Waals surface area contributed by atoms with Crippen molar-refractivity contribution in [3.8, 4) is 0 Å². The Labute approximate surface area is 148 Å². The van der Waals surface area contributed by atoms with Crippen LogP contribution in [0.15, 0.2) is 36.1 Å². The molecule has 3 aromatic rings. The maximum atomic E-state index is 13.2. The molecule has 6 nitrogen and oxygen atoms in total. The number of benzene rings is 1. The number of H-pyrrole nitrogens is 1. The largest absolute Gasteiger partial charge is 0.397 e. The lowest BCUT2D eigenvalue weighted by Gasteiger charge is -2.34. The van der Waals surface area contributed by atoms with Crippen LogP contribution in [-0.2, 0) is 13.0 Å². The molecule has 0 fully saturated rings. The standard InChI is InChI=1S/C17H19FN6S/c18-11-1-2-13(12(19)7-11)21-8-15-17-14(22-10-23-17)3-5-24(15)9-16-20-4-6-25-16/h1-2,4,6-7,10,15,21H,3,5,8-9,19H2,(H,22,23). The number of halogens is 1. The van der Waals surface area contributed by atoms with Crippen LogP contribution in [0.2, 0.25) is 0 Å². The molecule has 3 heterocycles. The zero-order valence-electron chi connectivity index (χ0n) is 13.6. The lowest BCUT2D eigenvalue weighted by molar-refractivity contribution is 0.180. The summed E-state index contributed by atoms with van der Waals surface area (Å²) in [4.78, 5) is 14.5. The quantitative estimate of drug-likeness (QED) is 0.611. The van der Waals surface area contributed by atoms with E-state index in [2.05, 4.69) is 25.2 Å². The zero-order chi connectivity index (χ0) is 17.2. The molecule has 25 heavy (non-hydrogen) atoms. The molecule has 0 amide bonds. The first-order chi connectivity index (χ1) is 12.2. The zero-order valence-corrected chi connectivity index (χ0v) is 14.4. The van der Waals surface area contributed by atoms with Crippen molar-refractivity contribution in [2.75, 3.05) is 24.1 Å². The number of hydrogen-bond acceptors (Lipinski definition) is 6. The number of nitrogens with one attached hydrogen (secondary N) is 2. The van der Waals surface area contributed by atoms with Crippen molar-refractivity contribution in [2.45, 2.75) is 19.0 Å². The Hall–Kier alpha value is -2.45. The molecule has 1 atom stereocenters. The molecule has 4 N–H and O–H groups in total. The monoisotopic (exact) mass is 358 g/mol. The van der Waals surface area contributed by atoms with Crippen LogP contribution < -0.4 is 11.1 Å². The van der Waals surface area contributed by atoms with Gasteiger partial charge in [-0.2, -0.15) is 0 Å². The molecule has 0 aliphatic carbocycles. The van der Waals surface area contributed by atoms with Crippen molar-refractivity contribution < 1.29 is 4.39 Å². The second-order valence-corrected chi connectivity index (χ2v) is 7.02. The van der Waals surface area contributed by atoms with E-state index in [1.54, 1.807) is 23.7 Å². The second-order valence-electron chi connectivity index (χ2n) is 6.04. The fourth-order valence-corrected chi connectivity index (χ4v) is 3.87. The van der Waals surface area contributed by atoms with E-state index in [1.807, 2.05) is 11.6 Å². The van der Waals surface area contributed by atoms with Crippen LogP contribution in [0.4, 0.5) is 15.8 Å². The lowest BCUT2D eigenvalue weighted by Crippen LogP contribution is -2.38. The van der Waals surface area contributed by atoms with Crippen LogP contribution in [-0.4, -0.2) is 32.9 Å². The molecule has 0 saturated heterocycles. The summed E-state index contributed by atoms with van der Waals surface area (Å²) in [5, 5.41) is 6.43. The first kappa shape index (κ1) is 16.0. The SMILES string of the molecule is Nc1cc(F)ccc1NCC1c2nc[nH]c2CCN1Cc1nccs1. The smallest absolute Gasteiger partial charge is 0.125 e. The third kappa shape index (κ3) is 3.35. The van der Waals surface area contributed by atoms with Crippen LogP contribution in [0.25, 0.3) is 0 Å². The van der Waals surface area contributed by atoms with Crippen molar-refractivity contribution in [3.63, 3.8) is 0 Å². The van der Waals surface area contributed by atoms with Gasteiger partial charge in [0.05, 0.1) is 36.0 Å².